The summed E-state index contributed by atoms with van der Waals surface area (Å²) in [5, 5.41) is 11.5. The van der Waals surface area contributed by atoms with Gasteiger partial charge < -0.3 is 45.2 Å². The molecule has 286 valence electrons. The molecule has 0 fully saturated rings. The van der Waals surface area contributed by atoms with E-state index in [0.717, 1.165) is 0 Å². The molecule has 2 atom stereocenters. The number of ether oxygens (including phenoxy) is 5. The monoisotopic (exact) mass is 747 g/mol. The Morgan fingerprint density at radius 1 is 0.827 bits per heavy atom. The lowest BCUT2D eigenvalue weighted by atomic mass is 9.95. The fourth-order valence-electron chi connectivity index (χ4n) is 5.71. The molecular formula is C37H50ClN3O11. The molecule has 52 heavy (non-hydrogen) atoms. The number of fused-ring (bicyclic) bond motifs is 1. The number of amides is 3. The Bertz CT molecular complexity index is 1610. The summed E-state index contributed by atoms with van der Waals surface area (Å²) in [5.41, 5.74) is 7.83. The number of primary amides is 2. The van der Waals surface area contributed by atoms with E-state index < -0.39 is 64.6 Å². The highest BCUT2D eigenvalue weighted by Gasteiger charge is 2.63. The van der Waals surface area contributed by atoms with Gasteiger partial charge in [0.05, 0.1) is 12.6 Å². The quantitative estimate of drug-likeness (QED) is 0.120. The van der Waals surface area contributed by atoms with Gasteiger partial charge in [-0.3, -0.25) is 9.59 Å². The Hall–Kier alpha value is -4.56. The Morgan fingerprint density at radius 2 is 1.35 bits per heavy atom. The van der Waals surface area contributed by atoms with E-state index in [0.29, 0.717) is 16.1 Å². The molecule has 0 aliphatic carbocycles. The predicted octanol–water partition coefficient (Wildman–Crippen LogP) is 4.88. The number of hydrogen-bond donors (Lipinski definition) is 3. The maximum Gasteiger partial charge on any atom is 0.453 e. The van der Waals surface area contributed by atoms with Crippen LogP contribution in [0.1, 0.15) is 98.3 Å². The van der Waals surface area contributed by atoms with E-state index in [2.05, 4.69) is 0 Å². The van der Waals surface area contributed by atoms with Crippen LogP contribution in [0.5, 0.6) is 11.5 Å². The molecule has 2 aromatic carbocycles. The van der Waals surface area contributed by atoms with Crippen LogP contribution in [0.3, 0.4) is 0 Å². The number of hydrogen-bond acceptors (Lipinski definition) is 11. The average Bonchev–Trinajstić information content (AvgIpc) is 3.47. The molecular weight excluding hydrogens is 698 g/mol. The number of nitrogens with two attached hydrogens (primary N) is 2. The van der Waals surface area contributed by atoms with Crippen molar-refractivity contribution in [3.05, 3.63) is 58.6 Å². The molecule has 0 saturated heterocycles. The van der Waals surface area contributed by atoms with Crippen LogP contribution in [0.15, 0.2) is 42.5 Å². The maximum atomic E-state index is 13.9. The van der Waals surface area contributed by atoms with Crippen LogP contribution in [0.25, 0.3) is 0 Å². The third-order valence-electron chi connectivity index (χ3n) is 9.11. The number of carbonyl (C=O) groups excluding carboxylic acids is 5. The third-order valence-corrected chi connectivity index (χ3v) is 9.34. The van der Waals surface area contributed by atoms with Gasteiger partial charge >= 0.3 is 23.8 Å². The fraction of sp³-hybridized carbons (Fsp3) is 0.541. The summed E-state index contributed by atoms with van der Waals surface area (Å²) >= 11 is 6.13. The Balaban J connectivity index is 2.00. The lowest BCUT2D eigenvalue weighted by Crippen LogP contribution is -2.62. The smallest absolute Gasteiger partial charge is 0.444 e. The number of aliphatic hydroxyl groups is 1. The Labute approximate surface area is 309 Å². The number of nitrogens with zero attached hydrogens (tertiary/aromatic N) is 1. The van der Waals surface area contributed by atoms with Crippen molar-refractivity contribution in [1.29, 1.82) is 0 Å². The lowest BCUT2D eigenvalue weighted by molar-refractivity contribution is -0.220. The zero-order valence-corrected chi connectivity index (χ0v) is 31.7. The van der Waals surface area contributed by atoms with Crippen LogP contribution in [0, 0.1) is 0 Å². The highest BCUT2D eigenvalue weighted by atomic mass is 35.5. The van der Waals surface area contributed by atoms with Gasteiger partial charge in [0.15, 0.2) is 22.7 Å². The predicted molar refractivity (Wildman–Crippen MR) is 190 cm³/mol. The minimum absolute atomic E-state index is 0.0278. The fourth-order valence-corrected chi connectivity index (χ4v) is 5.91. The summed E-state index contributed by atoms with van der Waals surface area (Å²) in [7, 11) is 0. The zero-order valence-electron chi connectivity index (χ0n) is 30.9. The minimum atomic E-state index is -2.94. The molecule has 0 aromatic heterocycles. The first-order valence-corrected chi connectivity index (χ1v) is 17.6. The molecule has 3 amide bonds. The molecule has 2 aromatic rings. The second-order valence-corrected chi connectivity index (χ2v) is 14.2. The Morgan fingerprint density at radius 3 is 1.81 bits per heavy atom. The summed E-state index contributed by atoms with van der Waals surface area (Å²) in [4.78, 5) is 67.6. The number of halogens is 1. The highest BCUT2D eigenvalue weighted by Crippen LogP contribution is 2.43. The van der Waals surface area contributed by atoms with E-state index >= 15 is 0 Å². The first-order chi connectivity index (χ1) is 24.2. The molecule has 14 nitrogen and oxygen atoms in total. The molecule has 0 unspecified atom stereocenters. The molecule has 5 N–H and O–H groups in total. The summed E-state index contributed by atoms with van der Waals surface area (Å²) in [6, 6.07) is 10.7. The van der Waals surface area contributed by atoms with Gasteiger partial charge in [0.25, 0.3) is 11.8 Å². The van der Waals surface area contributed by atoms with Crippen LogP contribution >= 0.6 is 11.6 Å². The molecule has 0 radical (unpaired) electrons. The van der Waals surface area contributed by atoms with Crippen LogP contribution in [-0.2, 0) is 39.8 Å². The highest BCUT2D eigenvalue weighted by molar-refractivity contribution is 6.30. The zero-order chi connectivity index (χ0) is 39.2. The van der Waals surface area contributed by atoms with Crippen LogP contribution in [0.2, 0.25) is 5.02 Å². The van der Waals surface area contributed by atoms with E-state index in [-0.39, 0.29) is 50.1 Å². The SMILES string of the molecule is CCC(CC)(OC(=O)C1(C(=O)OC(CC)(CC)C(N)=O)Oc2ccc(C[C@@H](C)N(C[C@H](O)c3cccc(Cl)c3)C(=O)OC(C)(C)C)cc2O1)C(N)=O. The molecule has 1 aliphatic heterocycles. The molecule has 0 bridgehead atoms. The van der Waals surface area contributed by atoms with Gasteiger partial charge in [-0.25, -0.2) is 14.4 Å². The summed E-state index contributed by atoms with van der Waals surface area (Å²) in [5.74, 6) is -7.83. The average molecular weight is 748 g/mol. The molecule has 1 heterocycles. The second kappa shape index (κ2) is 16.4. The maximum absolute atomic E-state index is 13.9. The summed E-state index contributed by atoms with van der Waals surface area (Å²) in [6.45, 7) is 13.1. The molecule has 15 heteroatoms. The van der Waals surface area contributed by atoms with Gasteiger partial charge in [-0.15, -0.1) is 0 Å². The van der Waals surface area contributed by atoms with E-state index in [1.165, 1.54) is 17.0 Å². The van der Waals surface area contributed by atoms with Gasteiger partial charge in [0.1, 0.15) is 5.60 Å². The number of carbonyl (C=O) groups is 5. The lowest BCUT2D eigenvalue weighted by Gasteiger charge is -2.34. The van der Waals surface area contributed by atoms with Crippen molar-refractivity contribution in [3.8, 4) is 11.5 Å². The van der Waals surface area contributed by atoms with E-state index in [4.69, 9.17) is 46.8 Å². The van der Waals surface area contributed by atoms with Crippen molar-refractivity contribution in [1.82, 2.24) is 4.90 Å². The van der Waals surface area contributed by atoms with Crippen LogP contribution in [0.4, 0.5) is 4.79 Å². The minimum Gasteiger partial charge on any atom is -0.444 e. The van der Waals surface area contributed by atoms with E-state index in [9.17, 15) is 29.1 Å². The molecule has 3 rings (SSSR count). The van der Waals surface area contributed by atoms with Gasteiger partial charge in [-0.05, 0) is 95.2 Å². The van der Waals surface area contributed by atoms with Gasteiger partial charge in [0, 0.05) is 11.1 Å². The number of aliphatic hydroxyl groups excluding tert-OH is 1. The topological polar surface area (TPSA) is 207 Å². The number of esters is 2. The van der Waals surface area contributed by atoms with Crippen LogP contribution < -0.4 is 20.9 Å². The largest absolute Gasteiger partial charge is 0.453 e. The number of benzene rings is 2. The third kappa shape index (κ3) is 9.08. The van der Waals surface area contributed by atoms with E-state index in [1.54, 1.807) is 85.7 Å². The number of rotatable bonds is 16. The van der Waals surface area contributed by atoms with Crippen molar-refractivity contribution < 1.29 is 52.8 Å². The summed E-state index contributed by atoms with van der Waals surface area (Å²) < 4.78 is 28.6. The second-order valence-electron chi connectivity index (χ2n) is 13.8. The van der Waals surface area contributed by atoms with Crippen molar-refractivity contribution in [2.45, 2.75) is 122 Å². The molecule has 0 saturated carbocycles. The Kier molecular flexibility index (Phi) is 13.2. The molecule has 1 aliphatic rings. The van der Waals surface area contributed by atoms with Crippen molar-refractivity contribution in [2.75, 3.05) is 6.54 Å². The standard InChI is InChI=1S/C37H50ClN3O11/c1-9-35(10-2,29(39)43)50-31(45)37(32(46)51-36(11-3,12-4)30(40)44)48-27-17-16-23(19-28(27)49-37)18-22(5)41(33(47)52-34(6,7)8)21-26(42)24-14-13-15-25(38)20-24/h13-17,19-20,22,26,42H,9-12,18,21H2,1-8H3,(H2,39,43)(H2,40,44)/t22-,26+/m1/s1. The van der Waals surface area contributed by atoms with Crippen molar-refractivity contribution in [3.63, 3.8) is 0 Å². The van der Waals surface area contributed by atoms with Crippen molar-refractivity contribution >= 4 is 41.4 Å². The van der Waals surface area contributed by atoms with Gasteiger partial charge in [-0.2, -0.15) is 0 Å². The van der Waals surface area contributed by atoms with E-state index in [1.807, 2.05) is 0 Å². The van der Waals surface area contributed by atoms with Gasteiger partial charge in [-0.1, -0.05) is 57.5 Å². The van der Waals surface area contributed by atoms with Crippen molar-refractivity contribution in [2.24, 2.45) is 11.5 Å². The first kappa shape index (κ1) is 41.9. The summed E-state index contributed by atoms with van der Waals surface area (Å²) in [6.07, 6.45) is -1.69. The van der Waals surface area contributed by atoms with Crippen LogP contribution in [-0.4, -0.2) is 75.0 Å². The first-order valence-electron chi connectivity index (χ1n) is 17.2. The van der Waals surface area contributed by atoms with Gasteiger partial charge in [0.2, 0.25) is 0 Å². The molecule has 0 spiro atoms. The normalized spacial score (nSPS) is 14.9.